The lowest BCUT2D eigenvalue weighted by Gasteiger charge is -2.10. The minimum Gasteiger partial charge on any atom is -0.380 e. The van der Waals surface area contributed by atoms with Crippen molar-refractivity contribution in [2.45, 2.75) is 6.54 Å². The second-order valence-electron chi connectivity index (χ2n) is 3.89. The highest BCUT2D eigenvalue weighted by Gasteiger charge is 2.05. The van der Waals surface area contributed by atoms with Gasteiger partial charge in [-0.15, -0.1) is 0 Å². The summed E-state index contributed by atoms with van der Waals surface area (Å²) in [7, 11) is 0. The smallest absolute Gasteiger partial charge is 0.101 e. The van der Waals surface area contributed by atoms with E-state index in [9.17, 15) is 0 Å². The molecule has 0 saturated heterocycles. The van der Waals surface area contributed by atoms with E-state index in [1.54, 1.807) is 18.2 Å². The molecule has 19 heavy (non-hydrogen) atoms. The molecule has 0 fully saturated rings. The number of hydrogen-bond donors (Lipinski definition) is 1. The zero-order valence-electron chi connectivity index (χ0n) is 9.75. The van der Waals surface area contributed by atoms with Crippen molar-refractivity contribution in [1.82, 2.24) is 0 Å². The fourth-order valence-electron chi connectivity index (χ4n) is 1.63. The SMILES string of the molecule is N#Cc1ccc(Cl)cc1NCc1cc(Cl)ccc1Br. The molecular formula is C14H9BrCl2N2. The van der Waals surface area contributed by atoms with Gasteiger partial charge in [0.15, 0.2) is 0 Å². The molecule has 1 N–H and O–H groups in total. The molecule has 2 nitrogen and oxygen atoms in total. The molecule has 0 radical (unpaired) electrons. The maximum Gasteiger partial charge on any atom is 0.101 e. The van der Waals surface area contributed by atoms with E-state index in [4.69, 9.17) is 28.5 Å². The summed E-state index contributed by atoms with van der Waals surface area (Å²) in [6, 6.07) is 12.8. The predicted molar refractivity (Wildman–Crippen MR) is 82.6 cm³/mol. The maximum absolute atomic E-state index is 9.04. The highest BCUT2D eigenvalue weighted by atomic mass is 79.9. The van der Waals surface area contributed by atoms with Crippen molar-refractivity contribution in [1.29, 1.82) is 5.26 Å². The summed E-state index contributed by atoms with van der Waals surface area (Å²) in [6.07, 6.45) is 0. The normalized spacial score (nSPS) is 10.0. The summed E-state index contributed by atoms with van der Waals surface area (Å²) in [5.74, 6) is 0. The molecule has 2 rings (SSSR count). The van der Waals surface area contributed by atoms with E-state index < -0.39 is 0 Å². The van der Waals surface area contributed by atoms with Gasteiger partial charge in [0, 0.05) is 21.1 Å². The predicted octanol–water partition coefficient (Wildman–Crippen LogP) is 5.24. The van der Waals surface area contributed by atoms with Crippen LogP contribution in [0.1, 0.15) is 11.1 Å². The number of anilines is 1. The van der Waals surface area contributed by atoms with Gasteiger partial charge in [-0.25, -0.2) is 0 Å². The van der Waals surface area contributed by atoms with Gasteiger partial charge in [0.1, 0.15) is 6.07 Å². The first-order chi connectivity index (χ1) is 9.10. The number of hydrogen-bond acceptors (Lipinski definition) is 2. The van der Waals surface area contributed by atoms with Crippen molar-refractivity contribution in [2.24, 2.45) is 0 Å². The van der Waals surface area contributed by atoms with Crippen LogP contribution in [0.5, 0.6) is 0 Å². The summed E-state index contributed by atoms with van der Waals surface area (Å²) in [4.78, 5) is 0. The number of benzene rings is 2. The standard InChI is InChI=1S/C14H9BrCl2N2/c15-13-4-3-11(16)5-10(13)8-19-14-6-12(17)2-1-9(14)7-18/h1-6,19H,8H2. The van der Waals surface area contributed by atoms with Crippen LogP contribution in [-0.2, 0) is 6.54 Å². The van der Waals surface area contributed by atoms with E-state index in [1.165, 1.54) is 0 Å². The molecule has 0 aliphatic carbocycles. The van der Waals surface area contributed by atoms with Crippen LogP contribution in [0.4, 0.5) is 5.69 Å². The van der Waals surface area contributed by atoms with Crippen LogP contribution < -0.4 is 5.32 Å². The first-order valence-corrected chi connectivity index (χ1v) is 7.02. The van der Waals surface area contributed by atoms with Crippen LogP contribution in [0.25, 0.3) is 0 Å². The van der Waals surface area contributed by atoms with Gasteiger partial charge < -0.3 is 5.32 Å². The Morgan fingerprint density at radius 3 is 2.53 bits per heavy atom. The number of rotatable bonds is 3. The Balaban J connectivity index is 2.21. The largest absolute Gasteiger partial charge is 0.380 e. The Morgan fingerprint density at radius 1 is 1.11 bits per heavy atom. The highest BCUT2D eigenvalue weighted by Crippen LogP contribution is 2.24. The second kappa shape index (κ2) is 6.29. The minimum atomic E-state index is 0.552. The fraction of sp³-hybridized carbons (Fsp3) is 0.0714. The summed E-state index contributed by atoms with van der Waals surface area (Å²) >= 11 is 15.4. The van der Waals surface area contributed by atoms with Crippen LogP contribution >= 0.6 is 39.1 Å². The van der Waals surface area contributed by atoms with Crippen molar-refractivity contribution in [3.05, 3.63) is 62.0 Å². The summed E-state index contributed by atoms with van der Waals surface area (Å²) < 4.78 is 0.963. The van der Waals surface area contributed by atoms with Crippen LogP contribution in [0, 0.1) is 11.3 Å². The third-order valence-corrected chi connectivity index (χ3v) is 3.82. The average Bonchev–Trinajstić information content (AvgIpc) is 2.40. The Hall–Kier alpha value is -1.21. The van der Waals surface area contributed by atoms with Gasteiger partial charge in [-0.2, -0.15) is 5.26 Å². The van der Waals surface area contributed by atoms with Gasteiger partial charge in [-0.3, -0.25) is 0 Å². The van der Waals surface area contributed by atoms with E-state index in [0.29, 0.717) is 27.8 Å². The minimum absolute atomic E-state index is 0.552. The lowest BCUT2D eigenvalue weighted by Crippen LogP contribution is -2.02. The molecule has 0 aliphatic rings. The van der Waals surface area contributed by atoms with Gasteiger partial charge >= 0.3 is 0 Å². The third-order valence-electron chi connectivity index (χ3n) is 2.58. The zero-order valence-corrected chi connectivity index (χ0v) is 12.9. The van der Waals surface area contributed by atoms with Gasteiger partial charge in [0.25, 0.3) is 0 Å². The van der Waals surface area contributed by atoms with Crippen LogP contribution in [0.2, 0.25) is 10.0 Å². The quantitative estimate of drug-likeness (QED) is 0.817. The first kappa shape index (κ1) is 14.2. The second-order valence-corrected chi connectivity index (χ2v) is 5.62. The number of halogens is 3. The molecule has 0 spiro atoms. The maximum atomic E-state index is 9.04. The molecule has 96 valence electrons. The molecule has 0 bridgehead atoms. The van der Waals surface area contributed by atoms with Crippen molar-refractivity contribution in [3.63, 3.8) is 0 Å². The van der Waals surface area contributed by atoms with Crippen molar-refractivity contribution < 1.29 is 0 Å². The van der Waals surface area contributed by atoms with Crippen LogP contribution in [0.3, 0.4) is 0 Å². The van der Waals surface area contributed by atoms with Crippen LogP contribution in [0.15, 0.2) is 40.9 Å². The summed E-state index contributed by atoms with van der Waals surface area (Å²) in [6.45, 7) is 0.552. The molecule has 2 aromatic rings. The molecule has 5 heteroatoms. The van der Waals surface area contributed by atoms with Crippen molar-refractivity contribution in [3.8, 4) is 6.07 Å². The Bertz CT molecular complexity index is 650. The van der Waals surface area contributed by atoms with Crippen LogP contribution in [-0.4, -0.2) is 0 Å². The van der Waals surface area contributed by atoms with Crippen molar-refractivity contribution >= 4 is 44.8 Å². The number of nitriles is 1. The highest BCUT2D eigenvalue weighted by molar-refractivity contribution is 9.10. The zero-order chi connectivity index (χ0) is 13.8. The fourth-order valence-corrected chi connectivity index (χ4v) is 2.38. The molecule has 0 aromatic heterocycles. The molecule has 2 aromatic carbocycles. The van der Waals surface area contributed by atoms with Gasteiger partial charge in [0.05, 0.1) is 11.3 Å². The lowest BCUT2D eigenvalue weighted by atomic mass is 10.1. The summed E-state index contributed by atoms with van der Waals surface area (Å²) in [5.41, 5.74) is 2.28. The van der Waals surface area contributed by atoms with Crippen molar-refractivity contribution in [2.75, 3.05) is 5.32 Å². The molecule has 0 aliphatic heterocycles. The van der Waals surface area contributed by atoms with Gasteiger partial charge in [-0.05, 0) is 42.0 Å². The third kappa shape index (κ3) is 3.63. The molecule has 0 saturated carbocycles. The monoisotopic (exact) mass is 354 g/mol. The average molecular weight is 356 g/mol. The molecular weight excluding hydrogens is 347 g/mol. The Kier molecular flexibility index (Phi) is 4.71. The van der Waals surface area contributed by atoms with E-state index >= 15 is 0 Å². The van der Waals surface area contributed by atoms with Gasteiger partial charge in [0.2, 0.25) is 0 Å². The van der Waals surface area contributed by atoms with E-state index in [-0.39, 0.29) is 0 Å². The van der Waals surface area contributed by atoms with Gasteiger partial charge in [-0.1, -0.05) is 39.1 Å². The first-order valence-electron chi connectivity index (χ1n) is 5.47. The van der Waals surface area contributed by atoms with E-state index in [2.05, 4.69) is 27.3 Å². The lowest BCUT2D eigenvalue weighted by molar-refractivity contribution is 1.13. The molecule has 0 amide bonds. The number of nitrogens with one attached hydrogen (secondary N) is 1. The molecule has 0 atom stereocenters. The number of nitrogens with zero attached hydrogens (tertiary/aromatic N) is 1. The Morgan fingerprint density at radius 2 is 1.79 bits per heavy atom. The molecule has 0 heterocycles. The Labute approximate surface area is 130 Å². The van der Waals surface area contributed by atoms with E-state index in [1.807, 2.05) is 18.2 Å². The summed E-state index contributed by atoms with van der Waals surface area (Å²) in [5, 5.41) is 13.5. The van der Waals surface area contributed by atoms with E-state index in [0.717, 1.165) is 10.0 Å². The topological polar surface area (TPSA) is 35.8 Å². The molecule has 0 unspecified atom stereocenters.